The summed E-state index contributed by atoms with van der Waals surface area (Å²) in [4.78, 5) is 34.1. The van der Waals surface area contributed by atoms with Crippen molar-refractivity contribution in [2.75, 3.05) is 26.2 Å². The Morgan fingerprint density at radius 1 is 0.818 bits per heavy atom. The fourth-order valence-electron chi connectivity index (χ4n) is 4.77. The fourth-order valence-corrected chi connectivity index (χ4v) is 4.77. The first-order valence-electron chi connectivity index (χ1n) is 11.2. The molecule has 0 N–H and O–H groups in total. The summed E-state index contributed by atoms with van der Waals surface area (Å²) in [6.45, 7) is 4.15. The Bertz CT molecular complexity index is 1330. The molecule has 1 aliphatic heterocycles. The van der Waals surface area contributed by atoms with Crippen molar-refractivity contribution in [3.63, 3.8) is 0 Å². The molecule has 2 aromatic heterocycles. The van der Waals surface area contributed by atoms with Gasteiger partial charge in [0.1, 0.15) is 0 Å². The van der Waals surface area contributed by atoms with E-state index in [4.69, 9.17) is 0 Å². The summed E-state index contributed by atoms with van der Waals surface area (Å²) in [7, 11) is 3.15. The van der Waals surface area contributed by atoms with Crippen molar-refractivity contribution in [1.29, 1.82) is 0 Å². The SMILES string of the molecule is Cn1c(=O)c2c(ncn2CN2CCN(C(c3ccccc3)c3ccccc3)CC2)n(C)c1=O. The number of hydrogen-bond donors (Lipinski definition) is 0. The summed E-state index contributed by atoms with van der Waals surface area (Å²) >= 11 is 0. The standard InChI is InChI=1S/C25H28N6O2/c1-27-23-22(24(32)28(2)25(27)33)31(17-26-23)18-29-13-15-30(16-14-29)21(19-9-5-3-6-10-19)20-11-7-4-8-12-20/h3-12,17,21H,13-16,18H2,1-2H3. The predicted octanol–water partition coefficient (Wildman–Crippen LogP) is 1.80. The van der Waals surface area contributed by atoms with E-state index < -0.39 is 0 Å². The van der Waals surface area contributed by atoms with Gasteiger partial charge in [-0.25, -0.2) is 9.78 Å². The number of rotatable bonds is 5. The van der Waals surface area contributed by atoms with Crippen molar-refractivity contribution in [2.45, 2.75) is 12.7 Å². The number of aryl methyl sites for hydroxylation is 1. The molecule has 0 saturated carbocycles. The van der Waals surface area contributed by atoms with Crippen LogP contribution < -0.4 is 11.2 Å². The van der Waals surface area contributed by atoms with E-state index in [1.165, 1.54) is 22.7 Å². The molecule has 0 amide bonds. The van der Waals surface area contributed by atoms with Gasteiger partial charge in [-0.15, -0.1) is 0 Å². The van der Waals surface area contributed by atoms with Gasteiger partial charge in [-0.2, -0.15) is 0 Å². The van der Waals surface area contributed by atoms with Crippen LogP contribution in [-0.2, 0) is 20.8 Å². The molecule has 0 radical (unpaired) electrons. The van der Waals surface area contributed by atoms with E-state index in [1.807, 2.05) is 4.57 Å². The summed E-state index contributed by atoms with van der Waals surface area (Å²) in [6, 6.07) is 21.5. The summed E-state index contributed by atoms with van der Waals surface area (Å²) in [5.74, 6) is 0. The Kier molecular flexibility index (Phi) is 5.70. The molecule has 5 rings (SSSR count). The number of hydrogen-bond acceptors (Lipinski definition) is 5. The van der Waals surface area contributed by atoms with E-state index >= 15 is 0 Å². The van der Waals surface area contributed by atoms with Crippen LogP contribution in [0.5, 0.6) is 0 Å². The Labute approximate surface area is 191 Å². The van der Waals surface area contributed by atoms with Crippen molar-refractivity contribution in [1.82, 2.24) is 28.5 Å². The molecule has 170 valence electrons. The smallest absolute Gasteiger partial charge is 0.311 e. The van der Waals surface area contributed by atoms with Gasteiger partial charge in [-0.3, -0.25) is 23.7 Å². The van der Waals surface area contributed by atoms with Gasteiger partial charge in [0.15, 0.2) is 11.2 Å². The third kappa shape index (κ3) is 3.92. The largest absolute Gasteiger partial charge is 0.332 e. The summed E-state index contributed by atoms with van der Waals surface area (Å²) in [6.07, 6.45) is 1.66. The molecule has 1 fully saturated rings. The molecule has 33 heavy (non-hydrogen) atoms. The van der Waals surface area contributed by atoms with Gasteiger partial charge in [-0.05, 0) is 11.1 Å². The lowest BCUT2D eigenvalue weighted by molar-refractivity contribution is 0.0894. The molecule has 0 atom stereocenters. The maximum absolute atomic E-state index is 12.7. The molecule has 3 heterocycles. The Hall–Kier alpha value is -3.49. The van der Waals surface area contributed by atoms with Gasteiger partial charge in [0.2, 0.25) is 0 Å². The van der Waals surface area contributed by atoms with Gasteiger partial charge >= 0.3 is 5.69 Å². The lowest BCUT2D eigenvalue weighted by Gasteiger charge is -2.39. The molecule has 8 heteroatoms. The zero-order valence-electron chi connectivity index (χ0n) is 19.0. The minimum Gasteiger partial charge on any atom is -0.311 e. The van der Waals surface area contributed by atoms with Crippen LogP contribution in [0.2, 0.25) is 0 Å². The van der Waals surface area contributed by atoms with E-state index in [1.54, 1.807) is 13.4 Å². The van der Waals surface area contributed by atoms with E-state index in [0.29, 0.717) is 17.8 Å². The summed E-state index contributed by atoms with van der Waals surface area (Å²) < 4.78 is 4.43. The van der Waals surface area contributed by atoms with E-state index in [2.05, 4.69) is 75.4 Å². The third-order valence-corrected chi connectivity index (χ3v) is 6.57. The van der Waals surface area contributed by atoms with Gasteiger partial charge < -0.3 is 4.57 Å². The molecule has 1 aliphatic rings. The lowest BCUT2D eigenvalue weighted by atomic mass is 9.96. The molecule has 0 bridgehead atoms. The molecular formula is C25H28N6O2. The second-order valence-electron chi connectivity index (χ2n) is 8.61. The van der Waals surface area contributed by atoms with Gasteiger partial charge in [0.05, 0.1) is 19.0 Å². The highest BCUT2D eigenvalue weighted by atomic mass is 16.2. The van der Waals surface area contributed by atoms with Crippen LogP contribution >= 0.6 is 0 Å². The second-order valence-corrected chi connectivity index (χ2v) is 8.61. The quantitative estimate of drug-likeness (QED) is 0.470. The van der Waals surface area contributed by atoms with Gasteiger partial charge in [0, 0.05) is 40.3 Å². The van der Waals surface area contributed by atoms with Crippen molar-refractivity contribution < 1.29 is 0 Å². The Morgan fingerprint density at radius 2 is 1.39 bits per heavy atom. The zero-order chi connectivity index (χ0) is 22.9. The number of nitrogens with zero attached hydrogens (tertiary/aromatic N) is 6. The minimum absolute atomic E-state index is 0.213. The van der Waals surface area contributed by atoms with Crippen LogP contribution in [0, 0.1) is 0 Å². The predicted molar refractivity (Wildman–Crippen MR) is 128 cm³/mol. The van der Waals surface area contributed by atoms with Crippen molar-refractivity contribution in [3.05, 3.63) is 99.0 Å². The molecule has 8 nitrogen and oxygen atoms in total. The molecule has 0 unspecified atom stereocenters. The molecule has 4 aromatic rings. The average molecular weight is 445 g/mol. The minimum atomic E-state index is -0.362. The van der Waals surface area contributed by atoms with Crippen LogP contribution in [0.4, 0.5) is 0 Å². The normalized spacial score (nSPS) is 15.5. The maximum Gasteiger partial charge on any atom is 0.332 e. The average Bonchev–Trinajstić information content (AvgIpc) is 3.28. The highest BCUT2D eigenvalue weighted by molar-refractivity contribution is 5.69. The number of fused-ring (bicyclic) bond motifs is 1. The van der Waals surface area contributed by atoms with Gasteiger partial charge in [0.25, 0.3) is 5.56 Å². The van der Waals surface area contributed by atoms with Crippen LogP contribution in [0.1, 0.15) is 17.2 Å². The van der Waals surface area contributed by atoms with Crippen LogP contribution in [0.15, 0.2) is 76.6 Å². The first kappa shape index (κ1) is 21.4. The van der Waals surface area contributed by atoms with Crippen molar-refractivity contribution in [3.8, 4) is 0 Å². The third-order valence-electron chi connectivity index (χ3n) is 6.57. The van der Waals surface area contributed by atoms with Crippen molar-refractivity contribution in [2.24, 2.45) is 14.1 Å². The first-order valence-corrected chi connectivity index (χ1v) is 11.2. The monoisotopic (exact) mass is 444 g/mol. The zero-order valence-corrected chi connectivity index (χ0v) is 19.0. The van der Waals surface area contributed by atoms with E-state index in [0.717, 1.165) is 30.7 Å². The van der Waals surface area contributed by atoms with Crippen LogP contribution in [-0.4, -0.2) is 54.7 Å². The molecular weight excluding hydrogens is 416 g/mol. The first-order chi connectivity index (χ1) is 16.0. The topological polar surface area (TPSA) is 68.3 Å². The molecule has 0 spiro atoms. The lowest BCUT2D eigenvalue weighted by Crippen LogP contribution is -2.48. The van der Waals surface area contributed by atoms with E-state index in [9.17, 15) is 9.59 Å². The highest BCUT2D eigenvalue weighted by Crippen LogP contribution is 2.29. The highest BCUT2D eigenvalue weighted by Gasteiger charge is 2.27. The Balaban J connectivity index is 1.36. The summed E-state index contributed by atoms with van der Waals surface area (Å²) in [5.41, 5.74) is 2.81. The summed E-state index contributed by atoms with van der Waals surface area (Å²) in [5, 5.41) is 0. The number of piperazine rings is 1. The van der Waals surface area contributed by atoms with Crippen LogP contribution in [0.25, 0.3) is 11.2 Å². The molecule has 0 aliphatic carbocycles. The molecule has 1 saturated heterocycles. The number of imidazole rings is 1. The van der Waals surface area contributed by atoms with E-state index in [-0.39, 0.29) is 17.3 Å². The number of aromatic nitrogens is 4. The number of benzene rings is 2. The van der Waals surface area contributed by atoms with Gasteiger partial charge in [-0.1, -0.05) is 60.7 Å². The second kappa shape index (κ2) is 8.80. The Morgan fingerprint density at radius 3 is 1.97 bits per heavy atom. The molecule has 2 aromatic carbocycles. The van der Waals surface area contributed by atoms with Crippen molar-refractivity contribution >= 4 is 11.2 Å². The fraction of sp³-hybridized carbons (Fsp3) is 0.320. The van der Waals surface area contributed by atoms with Crippen LogP contribution in [0.3, 0.4) is 0 Å². The maximum atomic E-state index is 12.7.